The minimum Gasteiger partial charge on any atom is -0.481 e. The van der Waals surface area contributed by atoms with E-state index >= 15 is 0 Å². The van der Waals surface area contributed by atoms with Crippen molar-refractivity contribution in [2.75, 3.05) is 39.4 Å². The Balaban J connectivity index is 0.000000250. The number of carbonyl (C=O) groups excluding carboxylic acids is 2. The van der Waals surface area contributed by atoms with Gasteiger partial charge >= 0.3 is 36.2 Å². The first-order valence-corrected chi connectivity index (χ1v) is 28.2. The first kappa shape index (κ1) is 69.1. The number of nitrogens with one attached hydrogen (secondary N) is 2. The van der Waals surface area contributed by atoms with Crippen LogP contribution in [0, 0.1) is 10.8 Å². The average Bonchev–Trinajstić information content (AvgIpc) is 0.833. The number of ether oxygens (including phenoxy) is 2. The molecule has 10 atom stereocenters. The van der Waals surface area contributed by atoms with Crippen LogP contribution in [0.1, 0.15) is 112 Å². The molecule has 16 nitrogen and oxygen atoms in total. The normalized spacial score (nSPS) is 25.3. The molecule has 0 spiro atoms. The van der Waals surface area contributed by atoms with Crippen molar-refractivity contribution in [1.29, 1.82) is 0 Å². The van der Waals surface area contributed by atoms with Gasteiger partial charge in [0.25, 0.3) is 0 Å². The van der Waals surface area contributed by atoms with Gasteiger partial charge in [-0.1, -0.05) is 123 Å². The van der Waals surface area contributed by atoms with E-state index in [2.05, 4.69) is 10.6 Å². The molecule has 0 radical (unpaired) electrons. The highest BCUT2D eigenvalue weighted by molar-refractivity contribution is 6.31. The van der Waals surface area contributed by atoms with Gasteiger partial charge in [-0.3, -0.25) is 19.2 Å². The molecule has 4 fully saturated rings. The number of carbonyl (C=O) groups is 6. The molecule has 26 heteroatoms. The summed E-state index contributed by atoms with van der Waals surface area (Å²) in [5.41, 5.74) is 1.71. The smallest absolute Gasteiger partial charge is 0.481 e. The molecule has 4 saturated heterocycles. The quantitative estimate of drug-likeness (QED) is 0.0645. The van der Waals surface area contributed by atoms with Crippen molar-refractivity contribution in [2.45, 2.75) is 127 Å². The maximum atomic E-state index is 14.3. The second-order valence-corrected chi connectivity index (χ2v) is 22.9. The highest BCUT2D eigenvalue weighted by Crippen LogP contribution is 2.54. The van der Waals surface area contributed by atoms with Crippen LogP contribution in [0.2, 0.25) is 20.1 Å². The van der Waals surface area contributed by atoms with E-state index in [1.807, 2.05) is 121 Å². The van der Waals surface area contributed by atoms with Crippen molar-refractivity contribution < 1.29 is 85.0 Å². The van der Waals surface area contributed by atoms with E-state index in [0.717, 1.165) is 35.3 Å². The fraction of sp³-hybridized carbons (Fsp3) is 0.483. The van der Waals surface area contributed by atoms with Gasteiger partial charge in [0.1, 0.15) is 0 Å². The first-order valence-electron chi connectivity index (χ1n) is 26.7. The molecule has 0 bridgehead atoms. The van der Waals surface area contributed by atoms with Crippen LogP contribution in [0.5, 0.6) is 0 Å². The van der Waals surface area contributed by atoms with Gasteiger partial charge in [-0.15, -0.1) is 0 Å². The number of hydrogen-bond donors (Lipinski definition) is 6. The molecule has 4 aliphatic rings. The first-order chi connectivity index (χ1) is 39.3. The fourth-order valence-corrected chi connectivity index (χ4v) is 12.1. The zero-order valence-electron chi connectivity index (χ0n) is 46.1. The molecule has 0 aliphatic carbocycles. The second-order valence-electron chi connectivity index (χ2n) is 21.2. The molecule has 4 heterocycles. The van der Waals surface area contributed by atoms with Crippen molar-refractivity contribution in [1.82, 2.24) is 20.4 Å². The van der Waals surface area contributed by atoms with Crippen molar-refractivity contribution in [2.24, 2.45) is 10.8 Å². The van der Waals surface area contributed by atoms with Crippen LogP contribution in [0.25, 0.3) is 0 Å². The molecule has 0 aromatic heterocycles. The molecule has 84 heavy (non-hydrogen) atoms. The highest BCUT2D eigenvalue weighted by atomic mass is 35.5. The summed E-state index contributed by atoms with van der Waals surface area (Å²) in [6, 6.07) is 29.3. The predicted molar refractivity (Wildman–Crippen MR) is 301 cm³/mol. The van der Waals surface area contributed by atoms with Crippen LogP contribution >= 0.6 is 46.4 Å². The lowest BCUT2D eigenvalue weighted by Gasteiger charge is -2.53. The van der Waals surface area contributed by atoms with Crippen LogP contribution in [0.4, 0.5) is 26.3 Å². The number of nitrogens with zero attached hydrogens (tertiary/aromatic N) is 2. The predicted octanol–water partition coefficient (Wildman–Crippen LogP) is 11.9. The number of amides is 2. The van der Waals surface area contributed by atoms with Gasteiger partial charge in [-0.2, -0.15) is 26.3 Å². The number of benzene rings is 4. The summed E-state index contributed by atoms with van der Waals surface area (Å²) < 4.78 is 75.7. The Hall–Kier alpha value is -5.72. The van der Waals surface area contributed by atoms with Gasteiger partial charge in [-0.25, -0.2) is 9.59 Å². The third-order valence-corrected chi connectivity index (χ3v) is 16.0. The van der Waals surface area contributed by atoms with Crippen LogP contribution in [-0.4, -0.2) is 142 Å². The van der Waals surface area contributed by atoms with E-state index in [9.17, 15) is 55.7 Å². The van der Waals surface area contributed by atoms with Gasteiger partial charge in [0.05, 0.1) is 73.3 Å². The molecule has 4 aromatic rings. The number of piperidine rings is 2. The number of halogens is 10. The lowest BCUT2D eigenvalue weighted by molar-refractivity contribution is -0.193. The van der Waals surface area contributed by atoms with Gasteiger partial charge in [0.15, 0.2) is 0 Å². The average molecular weight is 1270 g/mol. The maximum absolute atomic E-state index is 14.3. The summed E-state index contributed by atoms with van der Waals surface area (Å²) in [4.78, 5) is 74.0. The fourth-order valence-electron chi connectivity index (χ4n) is 11.4. The standard InChI is InChI=1S/2C27H32Cl2N2O4.2C2HF3O2/c2*1-3-22(23-16-30-11-12-35-23)31-25(17-7-9-19(28)10-8-17)21(18-5-4-6-20(29)13-18)14-27(2,26(31)34)15-24(32)33;2*3-2(4,5)1(6)7/h2*4-10,13,21-23,25,30H,3,11-12,14-16H2,1-2H3,(H,32,33);2*(H,6,7)/t21-,22+,23+,25-,27-;21-,22+,23-,25-,27-;;/m11../s1. The van der Waals surface area contributed by atoms with E-state index in [0.29, 0.717) is 72.1 Å². The maximum Gasteiger partial charge on any atom is 0.490 e. The van der Waals surface area contributed by atoms with Crippen LogP contribution < -0.4 is 10.6 Å². The summed E-state index contributed by atoms with van der Waals surface area (Å²) in [6.07, 6.45) is -8.91. The minimum absolute atomic E-state index is 0.154. The Morgan fingerprint density at radius 3 is 1.13 bits per heavy atom. The molecule has 8 rings (SSSR count). The Morgan fingerprint density at radius 1 is 0.560 bits per heavy atom. The number of hydrogen-bond acceptors (Lipinski definition) is 10. The Labute approximate surface area is 501 Å². The van der Waals surface area contributed by atoms with E-state index in [1.165, 1.54) is 0 Å². The highest BCUT2D eigenvalue weighted by Gasteiger charge is 2.55. The molecule has 460 valence electrons. The molecular weight excluding hydrogens is 1200 g/mol. The van der Waals surface area contributed by atoms with E-state index in [1.54, 1.807) is 13.8 Å². The topological polar surface area (TPSA) is 232 Å². The number of aliphatic carboxylic acids is 4. The minimum atomic E-state index is -5.08. The molecular formula is C58H66Cl4F6N4O12. The molecule has 0 saturated carbocycles. The second kappa shape index (κ2) is 30.1. The third kappa shape index (κ3) is 18.2. The van der Waals surface area contributed by atoms with Crippen molar-refractivity contribution >= 4 is 82.1 Å². The summed E-state index contributed by atoms with van der Waals surface area (Å²) in [6.45, 7) is 11.6. The molecule has 0 unspecified atom stereocenters. The summed E-state index contributed by atoms with van der Waals surface area (Å²) in [7, 11) is 0. The monoisotopic (exact) mass is 1260 g/mol. The molecule has 2 amide bonds. The number of carboxylic acid groups (broad SMARTS) is 4. The molecule has 4 aromatic carbocycles. The summed E-state index contributed by atoms with van der Waals surface area (Å²) in [5.74, 6) is -8.12. The Morgan fingerprint density at radius 2 is 0.881 bits per heavy atom. The Bertz CT molecular complexity index is 2710. The van der Waals surface area contributed by atoms with Gasteiger partial charge < -0.3 is 50.3 Å². The van der Waals surface area contributed by atoms with Crippen molar-refractivity contribution in [3.05, 3.63) is 139 Å². The summed E-state index contributed by atoms with van der Waals surface area (Å²) >= 11 is 25.2. The SMILES string of the molecule is CC[C@@H]([C@@H]1CNCCO1)N1C(=O)[C@@](C)(CC(=O)O)C[C@H](c2cccc(Cl)c2)[C@H]1c1ccc(Cl)cc1.CC[C@@H]([C@H]1CNCCO1)N1C(=O)[C@@](C)(CC(=O)O)C[C@H](c2cccc(Cl)c2)[C@H]1c1ccc(Cl)cc1.O=C(O)C(F)(F)F.O=C(O)C(F)(F)F. The number of morpholine rings is 2. The summed E-state index contributed by atoms with van der Waals surface area (Å²) in [5, 5.41) is 42.9. The van der Waals surface area contributed by atoms with Crippen molar-refractivity contribution in [3.63, 3.8) is 0 Å². The zero-order valence-corrected chi connectivity index (χ0v) is 49.1. The van der Waals surface area contributed by atoms with Gasteiger partial charge in [0.2, 0.25) is 11.8 Å². The lowest BCUT2D eigenvalue weighted by Crippen LogP contribution is -2.61. The lowest BCUT2D eigenvalue weighted by atomic mass is 9.66. The molecule has 6 N–H and O–H groups in total. The number of likely N-dealkylation sites (tertiary alicyclic amines) is 2. The third-order valence-electron chi connectivity index (χ3n) is 15.1. The van der Waals surface area contributed by atoms with Crippen molar-refractivity contribution in [3.8, 4) is 0 Å². The Kier molecular flexibility index (Phi) is 24.7. The molecule has 4 aliphatic heterocycles. The van der Waals surface area contributed by atoms with E-state index in [4.69, 9.17) is 75.7 Å². The van der Waals surface area contributed by atoms with E-state index < -0.39 is 47.1 Å². The number of rotatable bonds is 14. The number of alkyl halides is 6. The van der Waals surface area contributed by atoms with Crippen LogP contribution in [-0.2, 0) is 38.2 Å². The van der Waals surface area contributed by atoms with Crippen LogP contribution in [0.3, 0.4) is 0 Å². The zero-order chi connectivity index (χ0) is 62.5. The van der Waals surface area contributed by atoms with E-state index in [-0.39, 0.29) is 72.9 Å². The van der Waals surface area contributed by atoms with Gasteiger partial charge in [0, 0.05) is 58.1 Å². The van der Waals surface area contributed by atoms with Gasteiger partial charge in [-0.05, 0) is 96.5 Å². The van der Waals surface area contributed by atoms with Crippen LogP contribution in [0.15, 0.2) is 97.1 Å². The number of carboxylic acids is 4. The largest absolute Gasteiger partial charge is 0.490 e.